The Morgan fingerprint density at radius 2 is 1.94 bits per heavy atom. The van der Waals surface area contributed by atoms with Gasteiger partial charge in [0.05, 0.1) is 17.0 Å². The second-order valence-electron chi connectivity index (χ2n) is 9.47. The highest BCUT2D eigenvalue weighted by Gasteiger charge is 2.36. The molecule has 2 aliphatic rings. The number of nitrogens with one attached hydrogen (secondary N) is 2. The number of benzene rings is 2. The molecule has 190 valence electrons. The van der Waals surface area contributed by atoms with Crippen molar-refractivity contribution in [2.24, 2.45) is 11.7 Å². The fourth-order valence-electron chi connectivity index (χ4n) is 5.30. The van der Waals surface area contributed by atoms with Crippen molar-refractivity contribution in [3.8, 4) is 11.1 Å². The fourth-order valence-corrected chi connectivity index (χ4v) is 6.43. The van der Waals surface area contributed by atoms with Gasteiger partial charge < -0.3 is 16.4 Å². The lowest BCUT2D eigenvalue weighted by Gasteiger charge is -2.34. The van der Waals surface area contributed by atoms with Crippen LogP contribution in [0.3, 0.4) is 0 Å². The van der Waals surface area contributed by atoms with Gasteiger partial charge >= 0.3 is 0 Å². The molecule has 0 saturated carbocycles. The number of halogens is 1. The van der Waals surface area contributed by atoms with E-state index in [9.17, 15) is 17.6 Å². The van der Waals surface area contributed by atoms with E-state index in [1.165, 1.54) is 6.07 Å². The Morgan fingerprint density at radius 3 is 2.60 bits per heavy atom. The number of sulfonamides is 1. The molecular formula is C26H35FN4O3S. The number of hydrogen-bond acceptors (Lipinski definition) is 5. The molecule has 4 N–H and O–H groups in total. The monoisotopic (exact) mass is 502 g/mol. The molecule has 0 bridgehead atoms. The van der Waals surface area contributed by atoms with E-state index in [0.29, 0.717) is 42.9 Å². The highest BCUT2D eigenvalue weighted by molar-refractivity contribution is 7.89. The maximum Gasteiger partial charge on any atom is 0.250 e. The largest absolute Gasteiger partial charge is 0.384 e. The predicted molar refractivity (Wildman–Crippen MR) is 137 cm³/mol. The molecule has 1 amide bonds. The van der Waals surface area contributed by atoms with Crippen LogP contribution in [-0.4, -0.2) is 50.6 Å². The summed E-state index contributed by atoms with van der Waals surface area (Å²) in [6.45, 7) is 6.91. The van der Waals surface area contributed by atoms with Crippen molar-refractivity contribution in [3.63, 3.8) is 0 Å². The number of hydrogen-bond donors (Lipinski definition) is 3. The average molecular weight is 503 g/mol. The van der Waals surface area contributed by atoms with E-state index in [4.69, 9.17) is 5.73 Å². The Hall–Kier alpha value is -2.49. The molecule has 35 heavy (non-hydrogen) atoms. The van der Waals surface area contributed by atoms with E-state index in [1.807, 2.05) is 12.1 Å². The average Bonchev–Trinajstić information content (AvgIpc) is 3.28. The van der Waals surface area contributed by atoms with E-state index in [2.05, 4.69) is 17.6 Å². The molecule has 0 aromatic heterocycles. The summed E-state index contributed by atoms with van der Waals surface area (Å²) in [5, 5.41) is 6.69. The van der Waals surface area contributed by atoms with E-state index in [-0.39, 0.29) is 23.4 Å². The zero-order valence-electron chi connectivity index (χ0n) is 20.4. The maximum absolute atomic E-state index is 15.0. The third kappa shape index (κ3) is 5.37. The summed E-state index contributed by atoms with van der Waals surface area (Å²) in [7, 11) is -3.20. The van der Waals surface area contributed by atoms with Crippen molar-refractivity contribution >= 4 is 21.6 Å². The highest BCUT2D eigenvalue weighted by atomic mass is 32.2. The molecule has 9 heteroatoms. The SMILES string of the molecule is CCCNCc1ccc(F)c(-c2cc(C(N)=O)c3c(c2)C(C2CCN(S(=O)(=O)CC)CC2)CN3)c1. The lowest BCUT2D eigenvalue weighted by Crippen LogP contribution is -2.40. The van der Waals surface area contributed by atoms with Gasteiger partial charge in [0.15, 0.2) is 0 Å². The van der Waals surface area contributed by atoms with Gasteiger partial charge in [-0.1, -0.05) is 13.0 Å². The van der Waals surface area contributed by atoms with Crippen LogP contribution in [0.15, 0.2) is 30.3 Å². The van der Waals surface area contributed by atoms with Crippen LogP contribution >= 0.6 is 0 Å². The Kier molecular flexibility index (Phi) is 7.78. The molecule has 2 aromatic carbocycles. The molecule has 7 nitrogen and oxygen atoms in total. The summed E-state index contributed by atoms with van der Waals surface area (Å²) >= 11 is 0. The van der Waals surface area contributed by atoms with E-state index < -0.39 is 15.9 Å². The highest BCUT2D eigenvalue weighted by Crippen LogP contribution is 2.44. The Labute approximate surface area is 207 Å². The van der Waals surface area contributed by atoms with Gasteiger partial charge in [-0.15, -0.1) is 0 Å². The number of carbonyl (C=O) groups excluding carboxylic acids is 1. The van der Waals surface area contributed by atoms with Crippen LogP contribution in [0.2, 0.25) is 0 Å². The Balaban J connectivity index is 1.65. The molecule has 0 radical (unpaired) electrons. The third-order valence-corrected chi connectivity index (χ3v) is 9.14. The van der Waals surface area contributed by atoms with Crippen LogP contribution in [0.5, 0.6) is 0 Å². The van der Waals surface area contributed by atoms with E-state index in [1.54, 1.807) is 23.4 Å². The van der Waals surface area contributed by atoms with Gasteiger partial charge in [0.2, 0.25) is 10.0 Å². The van der Waals surface area contributed by atoms with Crippen molar-refractivity contribution in [3.05, 3.63) is 52.8 Å². The minimum Gasteiger partial charge on any atom is -0.384 e. The fraction of sp³-hybridized carbons (Fsp3) is 0.500. The van der Waals surface area contributed by atoms with Crippen LogP contribution in [0.1, 0.15) is 60.5 Å². The number of fused-ring (bicyclic) bond motifs is 1. The first-order chi connectivity index (χ1) is 16.7. The van der Waals surface area contributed by atoms with E-state index >= 15 is 0 Å². The first-order valence-electron chi connectivity index (χ1n) is 12.4. The van der Waals surface area contributed by atoms with Crippen molar-refractivity contribution in [1.82, 2.24) is 9.62 Å². The van der Waals surface area contributed by atoms with Gasteiger partial charge in [0.1, 0.15) is 5.82 Å². The molecule has 0 spiro atoms. The molecule has 0 aliphatic carbocycles. The third-order valence-electron chi connectivity index (χ3n) is 7.26. The molecule has 1 atom stereocenters. The summed E-state index contributed by atoms with van der Waals surface area (Å²) in [5.41, 5.74) is 9.82. The molecule has 1 unspecified atom stereocenters. The number of nitrogens with zero attached hydrogens (tertiary/aromatic N) is 1. The summed E-state index contributed by atoms with van der Waals surface area (Å²) in [6, 6.07) is 8.72. The Morgan fingerprint density at radius 1 is 1.20 bits per heavy atom. The smallest absolute Gasteiger partial charge is 0.250 e. The minimum absolute atomic E-state index is 0.104. The molecule has 4 rings (SSSR count). The van der Waals surface area contributed by atoms with Crippen LogP contribution in [0.4, 0.5) is 10.1 Å². The zero-order valence-corrected chi connectivity index (χ0v) is 21.3. The number of rotatable bonds is 9. The zero-order chi connectivity index (χ0) is 25.2. The standard InChI is InChI=1S/C26H35FN4O3S/c1-3-9-29-15-17-5-6-24(27)20(12-17)19-13-21-23(16-30-25(21)22(14-19)26(28)32)18-7-10-31(11-8-18)35(33,34)4-2/h5-6,12-14,18,23,29-30H,3-4,7-11,15-16H2,1-2H3,(H2,28,32). The molecule has 2 aromatic rings. The van der Waals surface area contributed by atoms with Gasteiger partial charge in [0, 0.05) is 37.7 Å². The summed E-state index contributed by atoms with van der Waals surface area (Å²) < 4.78 is 41.1. The van der Waals surface area contributed by atoms with Crippen molar-refractivity contribution < 1.29 is 17.6 Å². The Bertz CT molecular complexity index is 1190. The molecule has 1 saturated heterocycles. The number of primary amides is 1. The number of amides is 1. The van der Waals surface area contributed by atoms with Gasteiger partial charge in [-0.3, -0.25) is 4.79 Å². The van der Waals surface area contributed by atoms with Crippen LogP contribution in [0.25, 0.3) is 11.1 Å². The van der Waals surface area contributed by atoms with Gasteiger partial charge in [-0.2, -0.15) is 0 Å². The van der Waals surface area contributed by atoms with Gasteiger partial charge in [-0.25, -0.2) is 17.1 Å². The molecule has 2 heterocycles. The quantitative estimate of drug-likeness (QED) is 0.454. The normalized spacial score (nSPS) is 18.9. The second-order valence-corrected chi connectivity index (χ2v) is 11.7. The van der Waals surface area contributed by atoms with Crippen LogP contribution < -0.4 is 16.4 Å². The first-order valence-corrected chi connectivity index (χ1v) is 14.0. The molecule has 2 aliphatic heterocycles. The number of carbonyl (C=O) groups is 1. The molecule has 1 fully saturated rings. The van der Waals surface area contributed by atoms with Gasteiger partial charge in [0.25, 0.3) is 5.91 Å². The lowest BCUT2D eigenvalue weighted by molar-refractivity contribution is 0.100. The summed E-state index contributed by atoms with van der Waals surface area (Å²) in [6.07, 6.45) is 2.50. The van der Waals surface area contributed by atoms with Crippen LogP contribution in [-0.2, 0) is 16.6 Å². The summed E-state index contributed by atoms with van der Waals surface area (Å²) in [4.78, 5) is 12.3. The van der Waals surface area contributed by atoms with Crippen LogP contribution in [0, 0.1) is 11.7 Å². The molecular weight excluding hydrogens is 467 g/mol. The number of nitrogens with two attached hydrogens (primary N) is 1. The lowest BCUT2D eigenvalue weighted by atomic mass is 9.80. The van der Waals surface area contributed by atoms with Crippen molar-refractivity contribution in [2.45, 2.75) is 45.6 Å². The number of piperidine rings is 1. The van der Waals surface area contributed by atoms with E-state index in [0.717, 1.165) is 42.6 Å². The maximum atomic E-state index is 15.0. The predicted octanol–water partition coefficient (Wildman–Crippen LogP) is 3.66. The second kappa shape index (κ2) is 10.6. The summed E-state index contributed by atoms with van der Waals surface area (Å²) in [5.74, 6) is -0.430. The first kappa shape index (κ1) is 25.6. The number of anilines is 1. The topological polar surface area (TPSA) is 105 Å². The van der Waals surface area contributed by atoms with Gasteiger partial charge in [-0.05, 0) is 79.6 Å². The minimum atomic E-state index is -3.20. The van der Waals surface area contributed by atoms with Crippen molar-refractivity contribution in [2.75, 3.05) is 37.2 Å². The van der Waals surface area contributed by atoms with Crippen molar-refractivity contribution in [1.29, 1.82) is 0 Å².